The molecule has 0 aliphatic carbocycles. The first-order valence-corrected chi connectivity index (χ1v) is 11.5. The lowest BCUT2D eigenvalue weighted by Crippen LogP contribution is -2.51. The van der Waals surface area contributed by atoms with Crippen molar-refractivity contribution in [2.24, 2.45) is 0 Å². The number of anilines is 1. The minimum atomic E-state index is -0.749. The fourth-order valence-corrected chi connectivity index (χ4v) is 4.12. The monoisotopic (exact) mass is 459 g/mol. The summed E-state index contributed by atoms with van der Waals surface area (Å²) < 4.78 is 9.81. The quantitative estimate of drug-likeness (QED) is 0.407. The van der Waals surface area contributed by atoms with E-state index < -0.39 is 6.16 Å². The molecule has 4 rings (SSSR count). The number of benzene rings is 3. The molecule has 1 saturated heterocycles. The molecule has 3 aromatic carbocycles. The Hall–Kier alpha value is -3.84. The van der Waals surface area contributed by atoms with E-state index in [0.717, 1.165) is 13.1 Å². The van der Waals surface area contributed by atoms with E-state index in [1.165, 1.54) is 11.1 Å². The molecular weight excluding hydrogens is 430 g/mol. The zero-order valence-corrected chi connectivity index (χ0v) is 19.2. The van der Waals surface area contributed by atoms with Gasteiger partial charge in [-0.05, 0) is 42.3 Å². The fourth-order valence-electron chi connectivity index (χ4n) is 4.12. The summed E-state index contributed by atoms with van der Waals surface area (Å²) in [4.78, 5) is 28.5. The van der Waals surface area contributed by atoms with Gasteiger partial charge >= 0.3 is 12.2 Å². The van der Waals surface area contributed by atoms with Crippen LogP contribution in [0.3, 0.4) is 0 Å². The summed E-state index contributed by atoms with van der Waals surface area (Å²) in [6, 6.07) is 27.6. The highest BCUT2D eigenvalue weighted by molar-refractivity contribution is 5.89. The number of nitrogens with zero attached hydrogens (tertiary/aromatic N) is 2. The average Bonchev–Trinajstić information content (AvgIpc) is 2.87. The van der Waals surface area contributed by atoms with E-state index in [2.05, 4.69) is 58.7 Å². The van der Waals surface area contributed by atoms with Gasteiger partial charge in [-0.2, -0.15) is 0 Å². The molecular formula is C27H29N3O4. The van der Waals surface area contributed by atoms with E-state index in [9.17, 15) is 9.59 Å². The number of rotatable bonds is 6. The van der Waals surface area contributed by atoms with Crippen molar-refractivity contribution in [1.29, 1.82) is 0 Å². The van der Waals surface area contributed by atoms with Crippen LogP contribution in [-0.4, -0.2) is 54.8 Å². The second-order valence-electron chi connectivity index (χ2n) is 7.99. The normalized spacial score (nSPS) is 14.0. The van der Waals surface area contributed by atoms with Crippen LogP contribution in [0, 0.1) is 0 Å². The second-order valence-corrected chi connectivity index (χ2v) is 7.99. The van der Waals surface area contributed by atoms with Crippen molar-refractivity contribution in [3.05, 3.63) is 96.1 Å². The average molecular weight is 460 g/mol. The number of ether oxygens (including phenoxy) is 2. The van der Waals surface area contributed by atoms with Crippen molar-refractivity contribution in [2.75, 3.05) is 38.1 Å². The number of amides is 2. The second kappa shape index (κ2) is 11.3. The summed E-state index contributed by atoms with van der Waals surface area (Å²) in [5, 5.41) is 2.92. The highest BCUT2D eigenvalue weighted by Gasteiger charge is 2.28. The van der Waals surface area contributed by atoms with Gasteiger partial charge in [0.2, 0.25) is 0 Å². The number of hydrogen-bond acceptors (Lipinski definition) is 5. The number of nitrogens with one attached hydrogen (secondary N) is 1. The van der Waals surface area contributed by atoms with Gasteiger partial charge in [0.15, 0.2) is 0 Å². The number of hydrogen-bond donors (Lipinski definition) is 1. The molecule has 1 aliphatic rings. The van der Waals surface area contributed by atoms with Crippen LogP contribution in [0.15, 0.2) is 84.9 Å². The van der Waals surface area contributed by atoms with Crippen LogP contribution in [-0.2, 0) is 4.74 Å². The summed E-state index contributed by atoms with van der Waals surface area (Å²) in [5.74, 6) is 0.359. The first-order chi connectivity index (χ1) is 16.6. The Balaban J connectivity index is 1.35. The lowest BCUT2D eigenvalue weighted by Gasteiger charge is -2.39. The SMILES string of the molecule is CCOC(=O)Oc1ccc(NC(=O)N2CCN(C(c3ccccc3)c3ccccc3)CC2)cc1. The van der Waals surface area contributed by atoms with Crippen LogP contribution in [0.25, 0.3) is 0 Å². The third-order valence-corrected chi connectivity index (χ3v) is 5.77. The van der Waals surface area contributed by atoms with Gasteiger partial charge in [-0.15, -0.1) is 0 Å². The molecule has 2 amide bonds. The molecule has 34 heavy (non-hydrogen) atoms. The fraction of sp³-hybridized carbons (Fsp3) is 0.259. The molecule has 0 atom stereocenters. The lowest BCUT2D eigenvalue weighted by molar-refractivity contribution is 0.104. The third-order valence-electron chi connectivity index (χ3n) is 5.77. The van der Waals surface area contributed by atoms with Gasteiger partial charge in [0.25, 0.3) is 0 Å². The minimum absolute atomic E-state index is 0.144. The number of piperazine rings is 1. The summed E-state index contributed by atoms with van der Waals surface area (Å²) in [6.07, 6.45) is -0.749. The van der Waals surface area contributed by atoms with Crippen LogP contribution in [0.5, 0.6) is 5.75 Å². The molecule has 0 radical (unpaired) electrons. The molecule has 3 aromatic rings. The Morgan fingerprint density at radius 3 is 1.91 bits per heavy atom. The van der Waals surface area contributed by atoms with Gasteiger partial charge in [-0.25, -0.2) is 9.59 Å². The molecule has 0 bridgehead atoms. The van der Waals surface area contributed by atoms with Crippen molar-refractivity contribution in [1.82, 2.24) is 9.80 Å². The molecule has 176 valence electrons. The van der Waals surface area contributed by atoms with E-state index in [0.29, 0.717) is 24.5 Å². The zero-order chi connectivity index (χ0) is 23.8. The largest absolute Gasteiger partial charge is 0.513 e. The van der Waals surface area contributed by atoms with E-state index in [1.807, 2.05) is 17.0 Å². The van der Waals surface area contributed by atoms with E-state index in [1.54, 1.807) is 31.2 Å². The van der Waals surface area contributed by atoms with Gasteiger partial charge in [-0.1, -0.05) is 60.7 Å². The predicted octanol–water partition coefficient (Wildman–Crippen LogP) is 5.16. The van der Waals surface area contributed by atoms with Crippen molar-refractivity contribution in [3.8, 4) is 5.75 Å². The van der Waals surface area contributed by atoms with E-state index in [4.69, 9.17) is 9.47 Å². The van der Waals surface area contributed by atoms with Crippen LogP contribution in [0.1, 0.15) is 24.1 Å². The van der Waals surface area contributed by atoms with E-state index in [-0.39, 0.29) is 18.7 Å². The van der Waals surface area contributed by atoms with E-state index >= 15 is 0 Å². The maximum absolute atomic E-state index is 12.8. The number of carbonyl (C=O) groups excluding carboxylic acids is 2. The van der Waals surface area contributed by atoms with Gasteiger partial charge in [0.1, 0.15) is 5.75 Å². The molecule has 7 nitrogen and oxygen atoms in total. The highest BCUT2D eigenvalue weighted by Crippen LogP contribution is 2.29. The predicted molar refractivity (Wildman–Crippen MR) is 131 cm³/mol. The van der Waals surface area contributed by atoms with Crippen LogP contribution >= 0.6 is 0 Å². The summed E-state index contributed by atoms with van der Waals surface area (Å²) in [5.41, 5.74) is 3.13. The Labute approximate surface area is 199 Å². The standard InChI is InChI=1S/C27H29N3O4/c1-2-33-27(32)34-24-15-13-23(14-16-24)28-26(31)30-19-17-29(18-20-30)25(21-9-5-3-6-10-21)22-11-7-4-8-12-22/h3-16,25H,2,17-20H2,1H3,(H,28,31). The Bertz CT molecular complexity index is 1030. The van der Waals surface area contributed by atoms with Gasteiger partial charge in [0, 0.05) is 31.9 Å². The Morgan fingerprint density at radius 2 is 1.38 bits per heavy atom. The van der Waals surface area contributed by atoms with Gasteiger partial charge in [-0.3, -0.25) is 4.90 Å². The Kier molecular flexibility index (Phi) is 7.78. The number of urea groups is 1. The smallest absolute Gasteiger partial charge is 0.434 e. The van der Waals surface area contributed by atoms with Gasteiger partial charge < -0.3 is 19.7 Å². The summed E-state index contributed by atoms with van der Waals surface area (Å²) in [6.45, 7) is 4.77. The van der Waals surface area contributed by atoms with Crippen molar-refractivity contribution in [2.45, 2.75) is 13.0 Å². The lowest BCUT2D eigenvalue weighted by atomic mass is 9.96. The summed E-state index contributed by atoms with van der Waals surface area (Å²) in [7, 11) is 0. The van der Waals surface area contributed by atoms with Crippen molar-refractivity contribution < 1.29 is 19.1 Å². The first kappa shape index (κ1) is 23.3. The first-order valence-electron chi connectivity index (χ1n) is 11.5. The molecule has 1 N–H and O–H groups in total. The molecule has 0 unspecified atom stereocenters. The van der Waals surface area contributed by atoms with Crippen LogP contribution in [0.2, 0.25) is 0 Å². The molecule has 1 fully saturated rings. The van der Waals surface area contributed by atoms with Gasteiger partial charge in [0.05, 0.1) is 12.6 Å². The van der Waals surface area contributed by atoms with Crippen LogP contribution in [0.4, 0.5) is 15.3 Å². The maximum atomic E-state index is 12.8. The summed E-state index contributed by atoms with van der Waals surface area (Å²) >= 11 is 0. The van der Waals surface area contributed by atoms with Crippen molar-refractivity contribution >= 4 is 17.9 Å². The topological polar surface area (TPSA) is 71.1 Å². The maximum Gasteiger partial charge on any atom is 0.513 e. The Morgan fingerprint density at radius 1 is 0.824 bits per heavy atom. The zero-order valence-electron chi connectivity index (χ0n) is 19.2. The molecule has 1 heterocycles. The minimum Gasteiger partial charge on any atom is -0.434 e. The number of carbonyl (C=O) groups is 2. The van der Waals surface area contributed by atoms with Crippen LogP contribution < -0.4 is 10.1 Å². The van der Waals surface area contributed by atoms with Crippen molar-refractivity contribution in [3.63, 3.8) is 0 Å². The molecule has 7 heteroatoms. The molecule has 0 aromatic heterocycles. The highest BCUT2D eigenvalue weighted by atomic mass is 16.7. The molecule has 0 saturated carbocycles. The third kappa shape index (κ3) is 5.94. The molecule has 1 aliphatic heterocycles. The molecule has 0 spiro atoms.